The van der Waals surface area contributed by atoms with Crippen molar-refractivity contribution in [2.75, 3.05) is 13.2 Å². The molecule has 1 N–H and O–H groups in total. The summed E-state index contributed by atoms with van der Waals surface area (Å²) in [7, 11) is 0. The Kier molecular flexibility index (Phi) is 7.16. The number of aromatic carboxylic acids is 1. The maximum atomic E-state index is 11.4. The van der Waals surface area contributed by atoms with Crippen LogP contribution in [0.4, 0.5) is 0 Å². The van der Waals surface area contributed by atoms with Crippen molar-refractivity contribution in [1.82, 2.24) is 0 Å². The summed E-state index contributed by atoms with van der Waals surface area (Å²) >= 11 is 0. The van der Waals surface area contributed by atoms with E-state index in [1.54, 1.807) is 12.1 Å². The van der Waals surface area contributed by atoms with Crippen molar-refractivity contribution >= 4 is 17.3 Å². The van der Waals surface area contributed by atoms with Crippen molar-refractivity contribution in [2.45, 2.75) is 67.2 Å². The second kappa shape index (κ2) is 9.51. The normalized spacial score (nSPS) is 22.9. The Morgan fingerprint density at radius 2 is 1.81 bits per heavy atom. The number of carbonyl (C=O) groups is 1. The number of hydrogen-bond donors (Lipinski definition) is 1. The molecule has 1 unspecified atom stereocenters. The van der Waals surface area contributed by atoms with E-state index in [0.717, 1.165) is 48.3 Å². The monoisotopic (exact) mass is 439 g/mol. The Labute approximate surface area is 192 Å². The molecule has 1 atom stereocenters. The van der Waals surface area contributed by atoms with Gasteiger partial charge in [-0.2, -0.15) is 0 Å². The zero-order valence-corrected chi connectivity index (χ0v) is 20.3. The molecule has 1 saturated carbocycles. The average Bonchev–Trinajstić information content (AvgIpc) is 2.74. The smallest absolute Gasteiger partial charge is 0.335 e. The lowest BCUT2D eigenvalue weighted by molar-refractivity contribution is 0.0697. The van der Waals surface area contributed by atoms with E-state index >= 15 is 0 Å². The third-order valence-electron chi connectivity index (χ3n) is 6.80. The molecular weight excluding hydrogens is 402 g/mol. The number of fused-ring (bicyclic) bond motifs is 1. The van der Waals surface area contributed by atoms with E-state index in [2.05, 4.69) is 40.7 Å². The number of ether oxygens (including phenoxy) is 1. The summed E-state index contributed by atoms with van der Waals surface area (Å²) in [5.74, 6) is -0.0509. The van der Waals surface area contributed by atoms with Crippen LogP contribution in [0.25, 0.3) is 5.57 Å². The van der Waals surface area contributed by atoms with Crippen LogP contribution in [0.1, 0.15) is 83.1 Å². The molecular formula is C27H37NO4. The van der Waals surface area contributed by atoms with Crippen LogP contribution >= 0.6 is 0 Å². The quantitative estimate of drug-likeness (QED) is 0.361. The number of carboxylic acid groups (broad SMARTS) is 1. The molecule has 0 aromatic heterocycles. The van der Waals surface area contributed by atoms with Gasteiger partial charge in [0.25, 0.3) is 0 Å². The predicted octanol–water partition coefficient (Wildman–Crippen LogP) is 6.71. The lowest BCUT2D eigenvalue weighted by Crippen LogP contribution is -2.44. The molecule has 1 aromatic carbocycles. The Bertz CT molecular complexity index is 935. The van der Waals surface area contributed by atoms with Crippen molar-refractivity contribution in [3.63, 3.8) is 0 Å². The molecule has 0 radical (unpaired) electrons. The number of unbranched alkanes of at least 4 members (excludes halogenated alkanes) is 1. The Morgan fingerprint density at radius 1 is 1.12 bits per heavy atom. The van der Waals surface area contributed by atoms with Crippen molar-refractivity contribution < 1.29 is 19.5 Å². The van der Waals surface area contributed by atoms with E-state index in [-0.39, 0.29) is 22.3 Å². The lowest BCUT2D eigenvalue weighted by Gasteiger charge is -2.50. The van der Waals surface area contributed by atoms with Gasteiger partial charge in [0.15, 0.2) is 0 Å². The standard InChI is InChI=1S/C27H37NO4/c1-7-9-16-32-28-24-22(18-10-12-19(13-11-18)25(29)30)21(31-8-2)17-20-23(24)27(5,6)15-14-26(20,3)4/h10-13,17,23H,7-9,14-16H2,1-6H3,(H,29,30). The molecule has 2 aliphatic rings. The first kappa shape index (κ1) is 24.1. The predicted molar refractivity (Wildman–Crippen MR) is 129 cm³/mol. The summed E-state index contributed by atoms with van der Waals surface area (Å²) < 4.78 is 6.15. The molecule has 0 spiro atoms. The number of benzene rings is 1. The summed E-state index contributed by atoms with van der Waals surface area (Å²) in [6.07, 6.45) is 6.39. The van der Waals surface area contributed by atoms with Gasteiger partial charge in [0.1, 0.15) is 12.4 Å². The molecule has 5 heteroatoms. The van der Waals surface area contributed by atoms with Gasteiger partial charge in [0.05, 0.1) is 17.9 Å². The largest absolute Gasteiger partial charge is 0.493 e. The first-order valence-corrected chi connectivity index (χ1v) is 11.8. The molecule has 5 nitrogen and oxygen atoms in total. The molecule has 2 aliphatic carbocycles. The third kappa shape index (κ3) is 4.77. The van der Waals surface area contributed by atoms with Gasteiger partial charge in [-0.25, -0.2) is 4.79 Å². The first-order valence-electron chi connectivity index (χ1n) is 11.8. The van der Waals surface area contributed by atoms with Crippen LogP contribution in [-0.4, -0.2) is 30.0 Å². The van der Waals surface area contributed by atoms with Crippen molar-refractivity contribution in [3.8, 4) is 0 Å². The van der Waals surface area contributed by atoms with Crippen LogP contribution in [0.3, 0.4) is 0 Å². The fourth-order valence-corrected chi connectivity index (χ4v) is 4.78. The maximum absolute atomic E-state index is 11.4. The second-order valence-corrected chi connectivity index (χ2v) is 10.1. The second-order valence-electron chi connectivity index (χ2n) is 10.1. The lowest BCUT2D eigenvalue weighted by atomic mass is 9.54. The van der Waals surface area contributed by atoms with Gasteiger partial charge >= 0.3 is 5.97 Å². The number of rotatable bonds is 8. The van der Waals surface area contributed by atoms with Gasteiger partial charge in [-0.1, -0.05) is 63.9 Å². The molecule has 32 heavy (non-hydrogen) atoms. The minimum atomic E-state index is -0.937. The van der Waals surface area contributed by atoms with E-state index in [4.69, 9.17) is 14.7 Å². The molecule has 174 valence electrons. The zero-order chi connectivity index (χ0) is 23.5. The Morgan fingerprint density at radius 3 is 2.41 bits per heavy atom. The molecule has 0 saturated heterocycles. The molecule has 3 rings (SSSR count). The molecule has 0 heterocycles. The van der Waals surface area contributed by atoms with E-state index in [9.17, 15) is 9.90 Å². The van der Waals surface area contributed by atoms with Gasteiger partial charge < -0.3 is 14.7 Å². The van der Waals surface area contributed by atoms with Crippen molar-refractivity contribution in [3.05, 3.63) is 52.8 Å². The molecule has 1 fully saturated rings. The van der Waals surface area contributed by atoms with Crippen LogP contribution in [-0.2, 0) is 9.57 Å². The van der Waals surface area contributed by atoms with Crippen LogP contribution in [0.2, 0.25) is 0 Å². The number of nitrogens with zero attached hydrogens (tertiary/aromatic N) is 1. The first-order chi connectivity index (χ1) is 15.1. The Balaban J connectivity index is 2.22. The summed E-state index contributed by atoms with van der Waals surface area (Å²) in [6, 6.07) is 6.97. The minimum absolute atomic E-state index is 0.0122. The summed E-state index contributed by atoms with van der Waals surface area (Å²) in [6.45, 7) is 14.4. The third-order valence-corrected chi connectivity index (χ3v) is 6.80. The average molecular weight is 440 g/mol. The number of oxime groups is 1. The van der Waals surface area contributed by atoms with Gasteiger partial charge in [-0.3, -0.25) is 0 Å². The van der Waals surface area contributed by atoms with Crippen molar-refractivity contribution in [1.29, 1.82) is 0 Å². The van der Waals surface area contributed by atoms with E-state index in [1.165, 1.54) is 5.57 Å². The van der Waals surface area contributed by atoms with Gasteiger partial charge in [-0.15, -0.1) is 0 Å². The molecule has 0 amide bonds. The van der Waals surface area contributed by atoms with Gasteiger partial charge in [0.2, 0.25) is 0 Å². The van der Waals surface area contributed by atoms with Crippen LogP contribution in [0, 0.1) is 16.7 Å². The SMILES string of the molecule is CCCCON=C1C(c2ccc(C(=O)O)cc2)=C(OCC)C=C2C1C(C)(C)CCC2(C)C. The molecule has 1 aromatic rings. The van der Waals surface area contributed by atoms with E-state index in [1.807, 2.05) is 19.1 Å². The van der Waals surface area contributed by atoms with E-state index < -0.39 is 5.97 Å². The topological polar surface area (TPSA) is 68.1 Å². The molecule has 0 bridgehead atoms. The highest BCUT2D eigenvalue weighted by molar-refractivity contribution is 6.27. The fourth-order valence-electron chi connectivity index (χ4n) is 4.78. The summed E-state index contributed by atoms with van der Waals surface area (Å²) in [5, 5.41) is 14.1. The van der Waals surface area contributed by atoms with Gasteiger partial charge in [-0.05, 0) is 60.8 Å². The van der Waals surface area contributed by atoms with Crippen LogP contribution < -0.4 is 0 Å². The maximum Gasteiger partial charge on any atom is 0.335 e. The number of hydrogen-bond acceptors (Lipinski definition) is 4. The van der Waals surface area contributed by atoms with Crippen molar-refractivity contribution in [2.24, 2.45) is 21.9 Å². The highest BCUT2D eigenvalue weighted by Crippen LogP contribution is 2.56. The molecule has 0 aliphatic heterocycles. The minimum Gasteiger partial charge on any atom is -0.493 e. The van der Waals surface area contributed by atoms with Crippen LogP contribution in [0.5, 0.6) is 0 Å². The number of allylic oxidation sites excluding steroid dienone is 3. The summed E-state index contributed by atoms with van der Waals surface area (Å²) in [4.78, 5) is 17.2. The fraction of sp³-hybridized carbons (Fsp3) is 0.556. The highest BCUT2D eigenvalue weighted by Gasteiger charge is 2.49. The van der Waals surface area contributed by atoms with E-state index in [0.29, 0.717) is 13.2 Å². The van der Waals surface area contributed by atoms with Gasteiger partial charge in [0, 0.05) is 11.5 Å². The number of carboxylic acids is 1. The highest BCUT2D eigenvalue weighted by atomic mass is 16.6. The summed E-state index contributed by atoms with van der Waals surface area (Å²) in [5.41, 5.74) is 4.33. The zero-order valence-electron chi connectivity index (χ0n) is 20.3. The van der Waals surface area contributed by atoms with Crippen LogP contribution in [0.15, 0.2) is 46.8 Å². The Hall–Kier alpha value is -2.56.